The first-order chi connectivity index (χ1) is 10.0. The van der Waals surface area contributed by atoms with E-state index >= 15 is 0 Å². The molecule has 1 amide bonds. The van der Waals surface area contributed by atoms with Gasteiger partial charge in [0.1, 0.15) is 5.75 Å². The van der Waals surface area contributed by atoms with E-state index < -0.39 is 12.1 Å². The van der Waals surface area contributed by atoms with Crippen LogP contribution in [0.2, 0.25) is 0 Å². The van der Waals surface area contributed by atoms with Gasteiger partial charge in [0.15, 0.2) is 0 Å². The number of nitrogens with zero attached hydrogens (tertiary/aromatic N) is 1. The van der Waals surface area contributed by atoms with Gasteiger partial charge in [-0.05, 0) is 18.6 Å². The van der Waals surface area contributed by atoms with E-state index in [0.717, 1.165) is 12.8 Å². The molecule has 2 atom stereocenters. The molecule has 0 aliphatic carbocycles. The predicted octanol–water partition coefficient (Wildman–Crippen LogP) is 1.38. The van der Waals surface area contributed by atoms with Crippen LogP contribution in [-0.2, 0) is 9.59 Å². The molecule has 6 nitrogen and oxygen atoms in total. The summed E-state index contributed by atoms with van der Waals surface area (Å²) >= 11 is 0. The number of carboxylic acid groups (broad SMARTS) is 1. The standard InChI is InChI=1S/C15H20N2O4/c1-2-5-10(16)8-14(18)17-9-13(15(19)20)21-12-7-4-3-6-11(12)17/h3-4,6-7,10,13H,2,5,8-9,16H2,1H3,(H,19,20). The van der Waals surface area contributed by atoms with E-state index in [0.29, 0.717) is 11.4 Å². The van der Waals surface area contributed by atoms with Gasteiger partial charge < -0.3 is 20.5 Å². The van der Waals surface area contributed by atoms with Gasteiger partial charge in [0.05, 0.1) is 12.2 Å². The van der Waals surface area contributed by atoms with Gasteiger partial charge in [-0.1, -0.05) is 25.5 Å². The van der Waals surface area contributed by atoms with Gasteiger partial charge in [-0.2, -0.15) is 0 Å². The second-order valence-electron chi connectivity index (χ2n) is 5.17. The number of benzene rings is 1. The molecule has 1 aromatic carbocycles. The summed E-state index contributed by atoms with van der Waals surface area (Å²) in [6.07, 6.45) is 0.826. The van der Waals surface area contributed by atoms with Crippen LogP contribution < -0.4 is 15.4 Å². The highest BCUT2D eigenvalue weighted by molar-refractivity contribution is 5.97. The first-order valence-electron chi connectivity index (χ1n) is 7.07. The molecule has 0 spiro atoms. The summed E-state index contributed by atoms with van der Waals surface area (Å²) in [6, 6.07) is 6.73. The summed E-state index contributed by atoms with van der Waals surface area (Å²) in [5.74, 6) is -0.841. The maximum atomic E-state index is 12.4. The van der Waals surface area contributed by atoms with E-state index in [4.69, 9.17) is 15.6 Å². The van der Waals surface area contributed by atoms with Crippen molar-refractivity contribution >= 4 is 17.6 Å². The monoisotopic (exact) mass is 292 g/mol. The number of aliphatic carboxylic acids is 1. The number of nitrogens with two attached hydrogens (primary N) is 1. The van der Waals surface area contributed by atoms with Gasteiger partial charge in [-0.15, -0.1) is 0 Å². The Bertz CT molecular complexity index is 532. The number of fused-ring (bicyclic) bond motifs is 1. The molecule has 1 aromatic rings. The lowest BCUT2D eigenvalue weighted by Gasteiger charge is -2.33. The molecule has 1 heterocycles. The Labute approximate surface area is 123 Å². The summed E-state index contributed by atoms with van der Waals surface area (Å²) in [5, 5.41) is 9.14. The zero-order chi connectivity index (χ0) is 15.4. The lowest BCUT2D eigenvalue weighted by molar-refractivity contribution is -0.145. The number of carboxylic acids is 1. The fourth-order valence-corrected chi connectivity index (χ4v) is 2.41. The van der Waals surface area contributed by atoms with Crippen molar-refractivity contribution in [1.82, 2.24) is 0 Å². The highest BCUT2D eigenvalue weighted by Crippen LogP contribution is 2.33. The van der Waals surface area contributed by atoms with Crippen molar-refractivity contribution in [3.63, 3.8) is 0 Å². The van der Waals surface area contributed by atoms with Gasteiger partial charge in [0.2, 0.25) is 12.0 Å². The number of anilines is 1. The number of hydrogen-bond acceptors (Lipinski definition) is 4. The van der Waals surface area contributed by atoms with Crippen LogP contribution in [0.1, 0.15) is 26.2 Å². The van der Waals surface area contributed by atoms with Crippen LogP contribution >= 0.6 is 0 Å². The highest BCUT2D eigenvalue weighted by Gasteiger charge is 2.33. The zero-order valence-electron chi connectivity index (χ0n) is 12.0. The Balaban J connectivity index is 2.20. The van der Waals surface area contributed by atoms with E-state index in [1.807, 2.05) is 6.92 Å². The smallest absolute Gasteiger partial charge is 0.346 e. The maximum Gasteiger partial charge on any atom is 0.346 e. The third-order valence-electron chi connectivity index (χ3n) is 3.45. The first-order valence-corrected chi connectivity index (χ1v) is 7.07. The van der Waals surface area contributed by atoms with Crippen LogP contribution in [0.5, 0.6) is 5.75 Å². The lowest BCUT2D eigenvalue weighted by atomic mass is 10.1. The molecule has 0 fully saturated rings. The summed E-state index contributed by atoms with van der Waals surface area (Å²) in [7, 11) is 0. The molecular formula is C15H20N2O4. The number of amides is 1. The van der Waals surface area contributed by atoms with Crippen molar-refractivity contribution in [1.29, 1.82) is 0 Å². The molecule has 21 heavy (non-hydrogen) atoms. The second-order valence-corrected chi connectivity index (χ2v) is 5.17. The van der Waals surface area contributed by atoms with E-state index in [1.54, 1.807) is 24.3 Å². The molecule has 0 saturated carbocycles. The third kappa shape index (κ3) is 3.52. The van der Waals surface area contributed by atoms with Crippen molar-refractivity contribution in [3.8, 4) is 5.75 Å². The van der Waals surface area contributed by atoms with Crippen molar-refractivity contribution in [3.05, 3.63) is 24.3 Å². The molecule has 2 rings (SSSR count). The molecule has 0 aromatic heterocycles. The number of rotatable bonds is 5. The molecule has 0 radical (unpaired) electrons. The van der Waals surface area contributed by atoms with Gasteiger partial charge in [-0.3, -0.25) is 4.79 Å². The molecule has 0 saturated heterocycles. The zero-order valence-corrected chi connectivity index (χ0v) is 12.0. The average molecular weight is 292 g/mol. The minimum absolute atomic E-state index is 0.00399. The van der Waals surface area contributed by atoms with Crippen molar-refractivity contribution < 1.29 is 19.4 Å². The van der Waals surface area contributed by atoms with Crippen LogP contribution in [0.15, 0.2) is 24.3 Å². The second kappa shape index (κ2) is 6.58. The quantitative estimate of drug-likeness (QED) is 0.855. The molecule has 6 heteroatoms. The largest absolute Gasteiger partial charge is 0.478 e. The van der Waals surface area contributed by atoms with E-state index in [1.165, 1.54) is 4.90 Å². The lowest BCUT2D eigenvalue weighted by Crippen LogP contribution is -2.48. The minimum Gasteiger partial charge on any atom is -0.478 e. The number of carbonyl (C=O) groups excluding carboxylic acids is 1. The van der Waals surface area contributed by atoms with Crippen molar-refractivity contribution in [2.24, 2.45) is 5.73 Å². The van der Waals surface area contributed by atoms with Gasteiger partial charge >= 0.3 is 5.97 Å². The third-order valence-corrected chi connectivity index (χ3v) is 3.45. The number of hydrogen-bond donors (Lipinski definition) is 2. The predicted molar refractivity (Wildman–Crippen MR) is 78.3 cm³/mol. The van der Waals surface area contributed by atoms with Crippen molar-refractivity contribution in [2.45, 2.75) is 38.3 Å². The Morgan fingerprint density at radius 3 is 2.86 bits per heavy atom. The van der Waals surface area contributed by atoms with Crippen LogP contribution in [0.25, 0.3) is 0 Å². The Kier molecular flexibility index (Phi) is 4.80. The van der Waals surface area contributed by atoms with Crippen LogP contribution in [0.3, 0.4) is 0 Å². The van der Waals surface area contributed by atoms with Crippen LogP contribution in [-0.4, -0.2) is 35.7 Å². The molecule has 0 bridgehead atoms. The molecular weight excluding hydrogens is 272 g/mol. The topological polar surface area (TPSA) is 92.9 Å². The Morgan fingerprint density at radius 1 is 1.48 bits per heavy atom. The summed E-state index contributed by atoms with van der Waals surface area (Å²) < 4.78 is 5.40. The SMILES string of the molecule is CCCC(N)CC(=O)N1CC(C(=O)O)Oc2ccccc21. The molecule has 1 aliphatic rings. The number of ether oxygens (including phenoxy) is 1. The molecule has 2 unspecified atom stereocenters. The summed E-state index contributed by atoms with van der Waals surface area (Å²) in [4.78, 5) is 25.0. The van der Waals surface area contributed by atoms with Gasteiger partial charge in [-0.25, -0.2) is 4.79 Å². The summed E-state index contributed by atoms with van der Waals surface area (Å²) in [6.45, 7) is 2.01. The minimum atomic E-state index is -1.08. The van der Waals surface area contributed by atoms with E-state index in [2.05, 4.69) is 0 Å². The normalized spacial score (nSPS) is 18.6. The van der Waals surface area contributed by atoms with Crippen LogP contribution in [0, 0.1) is 0 Å². The van der Waals surface area contributed by atoms with E-state index in [9.17, 15) is 9.59 Å². The van der Waals surface area contributed by atoms with Crippen LogP contribution in [0.4, 0.5) is 5.69 Å². The Hall–Kier alpha value is -2.08. The number of carbonyl (C=O) groups is 2. The molecule has 1 aliphatic heterocycles. The average Bonchev–Trinajstić information content (AvgIpc) is 2.46. The fraction of sp³-hybridized carbons (Fsp3) is 0.467. The first kappa shape index (κ1) is 15.3. The highest BCUT2D eigenvalue weighted by atomic mass is 16.5. The number of para-hydroxylation sites is 2. The maximum absolute atomic E-state index is 12.4. The van der Waals surface area contributed by atoms with E-state index in [-0.39, 0.29) is 24.9 Å². The van der Waals surface area contributed by atoms with Gasteiger partial charge in [0, 0.05) is 12.5 Å². The Morgan fingerprint density at radius 2 is 2.19 bits per heavy atom. The fourth-order valence-electron chi connectivity index (χ4n) is 2.41. The molecule has 114 valence electrons. The molecule has 3 N–H and O–H groups in total. The van der Waals surface area contributed by atoms with Crippen molar-refractivity contribution in [2.75, 3.05) is 11.4 Å². The summed E-state index contributed by atoms with van der Waals surface area (Å²) in [5.41, 5.74) is 6.51. The van der Waals surface area contributed by atoms with Gasteiger partial charge in [0.25, 0.3) is 0 Å².